The second-order valence-electron chi connectivity index (χ2n) is 8.57. The van der Waals surface area contributed by atoms with Crippen molar-refractivity contribution in [3.63, 3.8) is 0 Å². The number of carboxylic acids is 1. The van der Waals surface area contributed by atoms with Gasteiger partial charge in [0.25, 0.3) is 5.56 Å². The minimum Gasteiger partial charge on any atom is -0.481 e. The van der Waals surface area contributed by atoms with Crippen molar-refractivity contribution in [1.82, 2.24) is 9.99 Å². The number of carbonyl (C=O) groups is 2. The van der Waals surface area contributed by atoms with Crippen LogP contribution in [0.1, 0.15) is 36.4 Å². The van der Waals surface area contributed by atoms with Gasteiger partial charge in [0, 0.05) is 34.3 Å². The number of hydrogen-bond donors (Lipinski definition) is 2. The van der Waals surface area contributed by atoms with Gasteiger partial charge in [-0.1, -0.05) is 72.3 Å². The Kier molecular flexibility index (Phi) is 6.40. The molecule has 4 aromatic rings. The Labute approximate surface area is 211 Å². The summed E-state index contributed by atoms with van der Waals surface area (Å²) in [6.45, 7) is 0. The molecular weight excluding hydrogens is 478 g/mol. The van der Waals surface area contributed by atoms with Crippen molar-refractivity contribution in [1.29, 1.82) is 0 Å². The number of H-pyrrole nitrogens is 1. The van der Waals surface area contributed by atoms with Crippen LogP contribution in [-0.4, -0.2) is 32.7 Å². The number of carbonyl (C=O) groups excluding carboxylic acids is 1. The summed E-state index contributed by atoms with van der Waals surface area (Å²) in [5, 5.41) is 16.3. The van der Waals surface area contributed by atoms with Crippen LogP contribution < -0.4 is 5.56 Å². The van der Waals surface area contributed by atoms with Crippen molar-refractivity contribution < 1.29 is 14.7 Å². The van der Waals surface area contributed by atoms with Crippen LogP contribution in [0.5, 0.6) is 0 Å². The van der Waals surface area contributed by atoms with Gasteiger partial charge in [0.2, 0.25) is 5.91 Å². The lowest BCUT2D eigenvalue weighted by Crippen LogP contribution is -2.27. The maximum absolute atomic E-state index is 13.5. The summed E-state index contributed by atoms with van der Waals surface area (Å²) in [6, 6.07) is 23.7. The maximum atomic E-state index is 13.5. The molecular formula is C28H22ClN3O4. The van der Waals surface area contributed by atoms with E-state index in [4.69, 9.17) is 16.7 Å². The highest BCUT2D eigenvalue weighted by Gasteiger charge is 2.35. The number of aromatic nitrogens is 1. The highest BCUT2D eigenvalue weighted by atomic mass is 35.5. The highest BCUT2D eigenvalue weighted by Crippen LogP contribution is 2.37. The fraction of sp³-hybridized carbons (Fsp3) is 0.143. The van der Waals surface area contributed by atoms with E-state index in [9.17, 15) is 14.4 Å². The molecule has 36 heavy (non-hydrogen) atoms. The van der Waals surface area contributed by atoms with Crippen molar-refractivity contribution in [3.8, 4) is 11.1 Å². The molecule has 1 aliphatic heterocycles. The summed E-state index contributed by atoms with van der Waals surface area (Å²) in [7, 11) is 0. The Morgan fingerprint density at radius 3 is 2.36 bits per heavy atom. The van der Waals surface area contributed by atoms with Crippen LogP contribution in [0.3, 0.4) is 0 Å². The van der Waals surface area contributed by atoms with E-state index in [0.29, 0.717) is 33.8 Å². The summed E-state index contributed by atoms with van der Waals surface area (Å²) in [5.74, 6) is -1.47. The lowest BCUT2D eigenvalue weighted by molar-refractivity contribution is -0.141. The standard InChI is InChI=1S/C28H22ClN3O4/c29-19-11-12-21-20(15-19)26(18-9-5-2-6-10-18)27(28(36)30-21)22-16-23(17-7-3-1-4-8-17)32(31-22)24(33)13-14-25(34)35/h1-12,15,23H,13-14,16H2,(H,30,36)(H,34,35)/t23-/m0/s1. The van der Waals surface area contributed by atoms with Crippen molar-refractivity contribution in [2.24, 2.45) is 5.10 Å². The zero-order valence-corrected chi connectivity index (χ0v) is 19.9. The third-order valence-corrected chi connectivity index (χ3v) is 6.47. The number of benzene rings is 3. The molecule has 0 bridgehead atoms. The zero-order valence-electron chi connectivity index (χ0n) is 19.1. The molecule has 0 spiro atoms. The first-order chi connectivity index (χ1) is 17.4. The van der Waals surface area contributed by atoms with Gasteiger partial charge >= 0.3 is 5.97 Å². The molecule has 1 aliphatic rings. The Bertz CT molecular complexity index is 1550. The Hall–Kier alpha value is -4.23. The maximum Gasteiger partial charge on any atom is 0.303 e. The normalized spacial score (nSPS) is 15.2. The van der Waals surface area contributed by atoms with Gasteiger partial charge in [0.1, 0.15) is 0 Å². The van der Waals surface area contributed by atoms with E-state index < -0.39 is 17.9 Å². The number of halogens is 1. The van der Waals surface area contributed by atoms with Gasteiger partial charge in [-0.3, -0.25) is 14.4 Å². The SMILES string of the molecule is O=C(O)CCC(=O)N1N=C(c2c(-c3ccccc3)c3cc(Cl)ccc3[nH]c2=O)C[C@H]1c1ccccc1. The first-order valence-corrected chi connectivity index (χ1v) is 11.9. The summed E-state index contributed by atoms with van der Waals surface area (Å²) in [6.07, 6.45) is -0.186. The Morgan fingerprint density at radius 2 is 1.67 bits per heavy atom. The highest BCUT2D eigenvalue weighted by molar-refractivity contribution is 6.31. The zero-order chi connectivity index (χ0) is 25.2. The first kappa shape index (κ1) is 23.5. The minimum atomic E-state index is -1.06. The topological polar surface area (TPSA) is 103 Å². The van der Waals surface area contributed by atoms with Crippen LogP contribution in [0.4, 0.5) is 0 Å². The molecule has 0 unspecified atom stereocenters. The summed E-state index contributed by atoms with van der Waals surface area (Å²) >= 11 is 6.34. The molecule has 180 valence electrons. The molecule has 5 rings (SSSR count). The van der Waals surface area contributed by atoms with E-state index in [1.807, 2.05) is 60.7 Å². The van der Waals surface area contributed by atoms with Crippen LogP contribution >= 0.6 is 11.6 Å². The second kappa shape index (κ2) is 9.79. The van der Waals surface area contributed by atoms with Gasteiger partial charge in [0.05, 0.1) is 23.7 Å². The molecule has 2 N–H and O–H groups in total. The summed E-state index contributed by atoms with van der Waals surface area (Å²) in [4.78, 5) is 40.6. The lowest BCUT2D eigenvalue weighted by Gasteiger charge is -2.21. The molecule has 0 fully saturated rings. The van der Waals surface area contributed by atoms with Gasteiger partial charge in [-0.05, 0) is 29.3 Å². The number of carboxylic acid groups (broad SMARTS) is 1. The number of aliphatic carboxylic acids is 1. The largest absolute Gasteiger partial charge is 0.481 e. The summed E-state index contributed by atoms with van der Waals surface area (Å²) < 4.78 is 0. The lowest BCUT2D eigenvalue weighted by atomic mass is 9.91. The quantitative estimate of drug-likeness (QED) is 0.371. The van der Waals surface area contributed by atoms with E-state index >= 15 is 0 Å². The molecule has 0 saturated heterocycles. The fourth-order valence-corrected chi connectivity index (χ4v) is 4.77. The van der Waals surface area contributed by atoms with E-state index in [1.54, 1.807) is 18.2 Å². The molecule has 1 aromatic heterocycles. The van der Waals surface area contributed by atoms with Crippen molar-refractivity contribution in [2.45, 2.75) is 25.3 Å². The third-order valence-electron chi connectivity index (χ3n) is 6.23. The molecule has 0 aliphatic carbocycles. The monoisotopic (exact) mass is 499 g/mol. The molecule has 7 nitrogen and oxygen atoms in total. The summed E-state index contributed by atoms with van der Waals surface area (Å²) in [5.41, 5.74) is 3.48. The first-order valence-electron chi connectivity index (χ1n) is 11.5. The number of nitrogens with one attached hydrogen (secondary N) is 1. The number of fused-ring (bicyclic) bond motifs is 1. The van der Waals surface area contributed by atoms with E-state index in [0.717, 1.165) is 16.5 Å². The molecule has 1 amide bonds. The number of hydrogen-bond acceptors (Lipinski definition) is 4. The average Bonchev–Trinajstić information content (AvgIpc) is 3.33. The Morgan fingerprint density at radius 1 is 0.972 bits per heavy atom. The van der Waals surface area contributed by atoms with Crippen molar-refractivity contribution in [2.75, 3.05) is 0 Å². The smallest absolute Gasteiger partial charge is 0.303 e. The molecule has 1 atom stereocenters. The molecule has 0 radical (unpaired) electrons. The van der Waals surface area contributed by atoms with Gasteiger partial charge < -0.3 is 10.1 Å². The number of amides is 1. The van der Waals surface area contributed by atoms with Crippen LogP contribution in [0.2, 0.25) is 5.02 Å². The van der Waals surface area contributed by atoms with Crippen molar-refractivity contribution >= 4 is 40.1 Å². The average molecular weight is 500 g/mol. The van der Waals surface area contributed by atoms with Crippen LogP contribution in [-0.2, 0) is 9.59 Å². The third kappa shape index (κ3) is 4.53. The molecule has 3 aromatic carbocycles. The Balaban J connectivity index is 1.70. The van der Waals surface area contributed by atoms with Gasteiger partial charge in [-0.15, -0.1) is 0 Å². The van der Waals surface area contributed by atoms with Crippen LogP contribution in [0.15, 0.2) is 88.8 Å². The van der Waals surface area contributed by atoms with Crippen molar-refractivity contribution in [3.05, 3.63) is 105 Å². The number of pyridine rings is 1. The predicted octanol–water partition coefficient (Wildman–Crippen LogP) is 5.39. The van der Waals surface area contributed by atoms with Gasteiger partial charge in [-0.25, -0.2) is 5.01 Å². The van der Waals surface area contributed by atoms with Gasteiger partial charge in [-0.2, -0.15) is 5.10 Å². The number of nitrogens with zero attached hydrogens (tertiary/aromatic N) is 2. The van der Waals surface area contributed by atoms with E-state index in [2.05, 4.69) is 10.1 Å². The molecule has 2 heterocycles. The predicted molar refractivity (Wildman–Crippen MR) is 139 cm³/mol. The minimum absolute atomic E-state index is 0.190. The van der Waals surface area contributed by atoms with Crippen LogP contribution in [0, 0.1) is 0 Å². The van der Waals surface area contributed by atoms with Crippen LogP contribution in [0.25, 0.3) is 22.0 Å². The second-order valence-corrected chi connectivity index (χ2v) is 9.01. The van der Waals surface area contributed by atoms with E-state index in [-0.39, 0.29) is 18.4 Å². The number of aromatic amines is 1. The number of rotatable bonds is 6. The van der Waals surface area contributed by atoms with Gasteiger partial charge in [0.15, 0.2) is 0 Å². The molecule has 0 saturated carbocycles. The fourth-order valence-electron chi connectivity index (χ4n) is 4.60. The van der Waals surface area contributed by atoms with E-state index in [1.165, 1.54) is 5.01 Å². The number of hydrazone groups is 1. The molecule has 8 heteroatoms.